The van der Waals surface area contributed by atoms with Gasteiger partial charge in [-0.25, -0.2) is 0 Å². The number of nitrogens with one attached hydrogen (secondary N) is 3. The summed E-state index contributed by atoms with van der Waals surface area (Å²) in [4.78, 5) is 0. The van der Waals surface area contributed by atoms with Crippen molar-refractivity contribution in [1.29, 1.82) is 0 Å². The highest BCUT2D eigenvalue weighted by Gasteiger charge is 2.33. The van der Waals surface area contributed by atoms with E-state index in [-0.39, 0.29) is 16.7 Å². The minimum Gasteiger partial charge on any atom is -0.362 e. The van der Waals surface area contributed by atoms with Crippen LogP contribution in [0.5, 0.6) is 0 Å². The molecular weight excluding hydrogens is 434 g/mol. The van der Waals surface area contributed by atoms with Crippen LogP contribution < -0.4 is 16.0 Å². The average molecular weight is 478 g/mol. The fourth-order valence-corrected chi connectivity index (χ4v) is 4.96. The summed E-state index contributed by atoms with van der Waals surface area (Å²) in [6.45, 7) is 19.1. The van der Waals surface area contributed by atoms with Crippen LogP contribution >= 0.6 is 12.2 Å². The summed E-state index contributed by atoms with van der Waals surface area (Å²) < 4.78 is 0. The lowest BCUT2D eigenvalue weighted by Crippen LogP contribution is -2.43. The molecule has 1 fully saturated rings. The van der Waals surface area contributed by atoms with Crippen molar-refractivity contribution in [3.8, 4) is 0 Å². The predicted octanol–water partition coefficient (Wildman–Crippen LogP) is 6.18. The van der Waals surface area contributed by atoms with Gasteiger partial charge in [-0.2, -0.15) is 0 Å². The second kappa shape index (κ2) is 11.0. The predicted molar refractivity (Wildman–Crippen MR) is 151 cm³/mol. The quantitative estimate of drug-likeness (QED) is 0.253. The molecule has 1 heterocycles. The molecule has 0 saturated carbocycles. The molecule has 0 bridgehead atoms. The normalized spacial score (nSPS) is 18.7. The van der Waals surface area contributed by atoms with Gasteiger partial charge in [0.25, 0.3) is 0 Å². The van der Waals surface area contributed by atoms with Crippen molar-refractivity contribution < 1.29 is 0 Å². The maximum atomic E-state index is 5.51. The third-order valence-corrected chi connectivity index (χ3v) is 7.07. The summed E-state index contributed by atoms with van der Waals surface area (Å²) in [7, 11) is 0. The zero-order valence-corrected chi connectivity index (χ0v) is 22.7. The first-order valence-corrected chi connectivity index (χ1v) is 13.0. The minimum absolute atomic E-state index is 0.150. The second-order valence-electron chi connectivity index (χ2n) is 11.6. The molecule has 1 aliphatic rings. The van der Waals surface area contributed by atoms with E-state index >= 15 is 0 Å². The van der Waals surface area contributed by atoms with Gasteiger partial charge >= 0.3 is 0 Å². The van der Waals surface area contributed by atoms with Gasteiger partial charge in [-0.3, -0.25) is 0 Å². The van der Waals surface area contributed by atoms with Crippen molar-refractivity contribution >= 4 is 17.3 Å². The van der Waals surface area contributed by atoms with Gasteiger partial charge in [0.05, 0.1) is 0 Å². The molecule has 0 aromatic heterocycles. The summed E-state index contributed by atoms with van der Waals surface area (Å²) in [5, 5.41) is 11.3. The number of hydrogen-bond donors (Lipinski definition) is 3. The molecule has 0 radical (unpaired) electrons. The topological polar surface area (TPSA) is 36.1 Å². The molecule has 2 aromatic rings. The van der Waals surface area contributed by atoms with E-state index in [0.717, 1.165) is 31.0 Å². The molecule has 184 valence electrons. The molecule has 0 unspecified atom stereocenters. The van der Waals surface area contributed by atoms with E-state index < -0.39 is 0 Å². The van der Waals surface area contributed by atoms with Gasteiger partial charge in [0.1, 0.15) is 0 Å². The maximum Gasteiger partial charge on any atom is 0.166 e. The molecule has 3 rings (SSSR count). The lowest BCUT2D eigenvalue weighted by Gasteiger charge is -2.28. The Balaban J connectivity index is 1.83. The van der Waals surface area contributed by atoms with Crippen LogP contribution in [0.25, 0.3) is 0 Å². The van der Waals surface area contributed by atoms with Crippen LogP contribution in [0, 0.1) is 0 Å². The van der Waals surface area contributed by atoms with Crippen molar-refractivity contribution in [3.63, 3.8) is 0 Å². The van der Waals surface area contributed by atoms with E-state index in [9.17, 15) is 0 Å². The third kappa shape index (κ3) is 6.93. The van der Waals surface area contributed by atoms with E-state index in [1.54, 1.807) is 0 Å². The lowest BCUT2D eigenvalue weighted by atomic mass is 9.80. The Kier molecular flexibility index (Phi) is 8.59. The van der Waals surface area contributed by atoms with Crippen LogP contribution in [0.3, 0.4) is 0 Å². The van der Waals surface area contributed by atoms with Gasteiger partial charge in [-0.15, -0.1) is 6.58 Å². The van der Waals surface area contributed by atoms with Gasteiger partial charge < -0.3 is 16.0 Å². The zero-order chi connectivity index (χ0) is 24.9. The van der Waals surface area contributed by atoms with Gasteiger partial charge in [0.15, 0.2) is 5.11 Å². The Morgan fingerprint density at radius 2 is 1.47 bits per heavy atom. The second-order valence-corrected chi connectivity index (χ2v) is 12.1. The largest absolute Gasteiger partial charge is 0.362 e. The van der Waals surface area contributed by atoms with Crippen molar-refractivity contribution in [1.82, 2.24) is 16.0 Å². The molecule has 3 nitrogen and oxygen atoms in total. The van der Waals surface area contributed by atoms with Crippen LogP contribution in [0.15, 0.2) is 61.2 Å². The Labute approximate surface area is 212 Å². The molecule has 4 heteroatoms. The lowest BCUT2D eigenvalue weighted by molar-refractivity contribution is 0.528. The Morgan fingerprint density at radius 1 is 0.971 bits per heavy atom. The Bertz CT molecular complexity index is 891. The summed E-state index contributed by atoms with van der Waals surface area (Å²) in [5.74, 6) is 0.289. The van der Waals surface area contributed by atoms with Gasteiger partial charge in [0, 0.05) is 31.1 Å². The van der Waals surface area contributed by atoms with Crippen LogP contribution in [-0.4, -0.2) is 30.3 Å². The monoisotopic (exact) mass is 477 g/mol. The van der Waals surface area contributed by atoms with Crippen LogP contribution in [-0.2, 0) is 10.8 Å². The van der Waals surface area contributed by atoms with Crippen LogP contribution in [0.4, 0.5) is 0 Å². The van der Waals surface area contributed by atoms with Crippen LogP contribution in [0.2, 0.25) is 0 Å². The highest BCUT2D eigenvalue weighted by Crippen LogP contribution is 2.35. The Hall–Kier alpha value is -2.17. The zero-order valence-electron chi connectivity index (χ0n) is 21.9. The molecule has 1 saturated heterocycles. The van der Waals surface area contributed by atoms with Crippen molar-refractivity contribution in [3.05, 3.63) is 83.4 Å². The van der Waals surface area contributed by atoms with Gasteiger partial charge in [-0.05, 0) is 58.1 Å². The van der Waals surface area contributed by atoms with E-state index in [0.29, 0.717) is 12.1 Å². The van der Waals surface area contributed by atoms with E-state index in [4.69, 9.17) is 12.2 Å². The van der Waals surface area contributed by atoms with E-state index in [1.165, 1.54) is 22.3 Å². The highest BCUT2D eigenvalue weighted by atomic mass is 32.1. The molecule has 0 amide bonds. The summed E-state index contributed by atoms with van der Waals surface area (Å²) in [5.41, 5.74) is 5.76. The number of hydrogen-bond acceptors (Lipinski definition) is 2. The summed E-state index contributed by atoms with van der Waals surface area (Å²) in [6, 6.07) is 19.2. The summed E-state index contributed by atoms with van der Waals surface area (Å²) in [6.07, 6.45) is 3.84. The molecule has 2 aromatic carbocycles. The van der Waals surface area contributed by atoms with E-state index in [1.807, 2.05) is 6.08 Å². The first kappa shape index (κ1) is 26.4. The maximum absolute atomic E-state index is 5.51. The SMILES string of the molecule is C=CCCNC(=S)N[C@H]1CN[C@@H](C(c2ccc(C(C)(C)C)cc2)c2ccc(C(C)(C)C)cc2)C1. The fraction of sp³-hybridized carbons (Fsp3) is 0.500. The first-order valence-electron chi connectivity index (χ1n) is 12.6. The number of rotatable bonds is 7. The molecule has 2 atom stereocenters. The molecule has 0 spiro atoms. The van der Waals surface area contributed by atoms with Crippen molar-refractivity contribution in [2.75, 3.05) is 13.1 Å². The van der Waals surface area contributed by atoms with Gasteiger partial charge in [-0.1, -0.05) is 96.1 Å². The fourth-order valence-electron chi connectivity index (χ4n) is 4.69. The van der Waals surface area contributed by atoms with Crippen molar-refractivity contribution in [2.24, 2.45) is 0 Å². The summed E-state index contributed by atoms with van der Waals surface area (Å²) >= 11 is 5.51. The van der Waals surface area contributed by atoms with Crippen molar-refractivity contribution in [2.45, 2.75) is 83.2 Å². The van der Waals surface area contributed by atoms with E-state index in [2.05, 4.69) is 113 Å². The third-order valence-electron chi connectivity index (χ3n) is 6.81. The molecule has 0 aliphatic carbocycles. The smallest absolute Gasteiger partial charge is 0.166 e. The standard InChI is InChI=1S/C30H43N3S/c1-8-9-18-31-28(34)33-25-19-26(32-20-25)27(21-10-14-23(15-11-21)29(2,3)4)22-12-16-24(17-13-22)30(5,6)7/h8,10-17,25-27,32H,1,9,18-20H2,2-7H3,(H2,31,33,34)/t25-,26-/m1/s1. The number of benzene rings is 2. The molecular formula is C30H43N3S. The molecule has 3 N–H and O–H groups in total. The highest BCUT2D eigenvalue weighted by molar-refractivity contribution is 7.80. The average Bonchev–Trinajstić information content (AvgIpc) is 3.21. The molecule has 1 aliphatic heterocycles. The van der Waals surface area contributed by atoms with Crippen LogP contribution in [0.1, 0.15) is 82.6 Å². The van der Waals surface area contributed by atoms with Gasteiger partial charge in [0.2, 0.25) is 0 Å². The Morgan fingerprint density at radius 3 is 1.91 bits per heavy atom. The minimum atomic E-state index is 0.150. The number of thiocarbonyl (C=S) groups is 1. The molecule has 34 heavy (non-hydrogen) atoms. The first-order chi connectivity index (χ1) is 16.0.